The molecule has 0 aliphatic heterocycles. The lowest BCUT2D eigenvalue weighted by Gasteiger charge is -2.22. The van der Waals surface area contributed by atoms with Gasteiger partial charge in [0.1, 0.15) is 12.0 Å². The second kappa shape index (κ2) is 10.4. The third-order valence-corrected chi connectivity index (χ3v) is 7.11. The molecule has 2 atom stereocenters. The molecule has 0 fully saturated rings. The highest BCUT2D eigenvalue weighted by atomic mass is 32.2. The number of sulfone groups is 1. The summed E-state index contributed by atoms with van der Waals surface area (Å²) in [6.07, 6.45) is 3.65. The Morgan fingerprint density at radius 2 is 1.79 bits per heavy atom. The maximum atomic E-state index is 13.4. The molecule has 2 aromatic carbocycles. The fourth-order valence-corrected chi connectivity index (χ4v) is 5.61. The molecule has 0 aliphatic carbocycles. The van der Waals surface area contributed by atoms with Crippen molar-refractivity contribution in [3.63, 3.8) is 0 Å². The molecule has 28 heavy (non-hydrogen) atoms. The Morgan fingerprint density at radius 1 is 1.07 bits per heavy atom. The van der Waals surface area contributed by atoms with Gasteiger partial charge in [0, 0.05) is 5.92 Å². The summed E-state index contributed by atoms with van der Waals surface area (Å²) in [5.74, 6) is 0.0867. The number of carbonyl (C=O) groups is 1. The third-order valence-electron chi connectivity index (χ3n) is 5.19. The van der Waals surface area contributed by atoms with E-state index in [0.717, 1.165) is 23.8 Å². The van der Waals surface area contributed by atoms with Crippen LogP contribution < -0.4 is 4.74 Å². The molecule has 2 unspecified atom stereocenters. The molecule has 0 radical (unpaired) electrons. The molecule has 0 aromatic heterocycles. The topological polar surface area (TPSA) is 60.4 Å². The van der Waals surface area contributed by atoms with E-state index in [2.05, 4.69) is 0 Å². The number of carbonyl (C=O) groups excluding carboxylic acids is 1. The zero-order valence-electron chi connectivity index (χ0n) is 16.9. The first-order valence-corrected chi connectivity index (χ1v) is 11.5. The van der Waals surface area contributed by atoms with Crippen molar-refractivity contribution >= 4 is 16.1 Å². The second-order valence-corrected chi connectivity index (χ2v) is 9.18. The van der Waals surface area contributed by atoms with Gasteiger partial charge < -0.3 is 9.53 Å². The van der Waals surface area contributed by atoms with E-state index in [1.165, 1.54) is 7.11 Å². The van der Waals surface area contributed by atoms with Gasteiger partial charge in [-0.15, -0.1) is 0 Å². The molecule has 0 saturated heterocycles. The van der Waals surface area contributed by atoms with Crippen LogP contribution in [0.2, 0.25) is 0 Å². The first-order chi connectivity index (χ1) is 13.4. The lowest BCUT2D eigenvalue weighted by molar-refractivity contribution is -0.112. The average Bonchev–Trinajstić information content (AvgIpc) is 2.70. The molecule has 0 heterocycles. The Bertz CT molecular complexity index is 859. The first-order valence-electron chi connectivity index (χ1n) is 9.84. The van der Waals surface area contributed by atoms with Crippen molar-refractivity contribution in [3.8, 4) is 5.75 Å². The van der Waals surface area contributed by atoms with Gasteiger partial charge in [0.25, 0.3) is 0 Å². The number of rotatable bonds is 11. The minimum Gasteiger partial charge on any atom is -0.497 e. The van der Waals surface area contributed by atoms with E-state index in [1.807, 2.05) is 50.2 Å². The second-order valence-electron chi connectivity index (χ2n) is 7.17. The Kier molecular flexibility index (Phi) is 8.24. The molecule has 5 heteroatoms. The monoisotopic (exact) mass is 402 g/mol. The smallest absolute Gasteiger partial charge is 0.179 e. The minimum atomic E-state index is -3.57. The summed E-state index contributed by atoms with van der Waals surface area (Å²) in [5, 5.41) is 0. The molecule has 0 bridgehead atoms. The maximum Gasteiger partial charge on any atom is 0.179 e. The van der Waals surface area contributed by atoms with Gasteiger partial charge in [-0.05, 0) is 48.4 Å². The summed E-state index contributed by atoms with van der Waals surface area (Å²) in [7, 11) is -2.04. The van der Waals surface area contributed by atoms with Gasteiger partial charge in [-0.2, -0.15) is 0 Å². The number of methoxy groups -OCH3 is 1. The van der Waals surface area contributed by atoms with Crippen LogP contribution in [0, 0.1) is 11.8 Å². The first kappa shape index (κ1) is 22.2. The Labute approximate surface area is 168 Å². The van der Waals surface area contributed by atoms with Gasteiger partial charge in [-0.1, -0.05) is 56.7 Å². The van der Waals surface area contributed by atoms with Crippen LogP contribution in [0.4, 0.5) is 0 Å². The minimum absolute atomic E-state index is 0.0208. The molecule has 0 saturated carbocycles. The van der Waals surface area contributed by atoms with Gasteiger partial charge in [-0.25, -0.2) is 8.42 Å². The highest BCUT2D eigenvalue weighted by Gasteiger charge is 2.28. The molecular formula is C23H30O4S. The van der Waals surface area contributed by atoms with Crippen molar-refractivity contribution in [1.82, 2.24) is 0 Å². The number of benzene rings is 2. The fraction of sp³-hybridized carbons (Fsp3) is 0.435. The Hall–Kier alpha value is -2.14. The zero-order valence-corrected chi connectivity index (χ0v) is 17.7. The summed E-state index contributed by atoms with van der Waals surface area (Å²) in [5.41, 5.74) is 1.80. The van der Waals surface area contributed by atoms with E-state index in [-0.39, 0.29) is 17.6 Å². The summed E-state index contributed by atoms with van der Waals surface area (Å²) in [6.45, 7) is 3.95. The quantitative estimate of drug-likeness (QED) is 0.511. The molecule has 2 aromatic rings. The lowest BCUT2D eigenvalue weighted by Crippen LogP contribution is -2.25. The largest absolute Gasteiger partial charge is 0.497 e. The highest BCUT2D eigenvalue weighted by Crippen LogP contribution is 2.29. The average molecular weight is 403 g/mol. The van der Waals surface area contributed by atoms with Gasteiger partial charge in [0.05, 0.1) is 17.8 Å². The summed E-state index contributed by atoms with van der Waals surface area (Å²) >= 11 is 0. The van der Waals surface area contributed by atoms with Crippen molar-refractivity contribution in [2.45, 2.75) is 44.4 Å². The molecule has 152 valence electrons. The van der Waals surface area contributed by atoms with Crippen molar-refractivity contribution in [1.29, 1.82) is 0 Å². The lowest BCUT2D eigenvalue weighted by atomic mass is 9.89. The van der Waals surface area contributed by atoms with Crippen LogP contribution in [0.3, 0.4) is 0 Å². The van der Waals surface area contributed by atoms with E-state index in [1.54, 1.807) is 12.1 Å². The van der Waals surface area contributed by atoms with Crippen LogP contribution in [-0.4, -0.2) is 27.6 Å². The fourth-order valence-electron chi connectivity index (χ4n) is 3.62. The van der Waals surface area contributed by atoms with Crippen LogP contribution in [0.5, 0.6) is 5.75 Å². The van der Waals surface area contributed by atoms with E-state index in [0.29, 0.717) is 29.9 Å². The van der Waals surface area contributed by atoms with Crippen LogP contribution in [0.25, 0.3) is 0 Å². The summed E-state index contributed by atoms with van der Waals surface area (Å²) in [6, 6.07) is 15.0. The maximum absolute atomic E-state index is 13.4. The molecule has 0 N–H and O–H groups in total. The van der Waals surface area contributed by atoms with E-state index in [9.17, 15) is 13.2 Å². The number of hydrogen-bond donors (Lipinski definition) is 0. The predicted molar refractivity (Wildman–Crippen MR) is 113 cm³/mol. The molecule has 0 spiro atoms. The van der Waals surface area contributed by atoms with Gasteiger partial charge >= 0.3 is 0 Å². The van der Waals surface area contributed by atoms with Crippen LogP contribution in [-0.2, 0) is 21.1 Å². The summed E-state index contributed by atoms with van der Waals surface area (Å²) in [4.78, 5) is 11.8. The molecule has 0 aliphatic rings. The number of hydrogen-bond acceptors (Lipinski definition) is 4. The van der Waals surface area contributed by atoms with Crippen LogP contribution in [0.15, 0.2) is 53.4 Å². The van der Waals surface area contributed by atoms with Crippen LogP contribution in [0.1, 0.15) is 44.2 Å². The number of ether oxygens (including phenoxy) is 1. The standard InChI is InChI=1S/C23H30O4S/c1-4-9-21(19(5-2)16-24)17-28(25,26)23-15-22(27-3)13-12-20(23)14-18-10-7-6-8-11-18/h6-8,10-13,15-16,19,21H,4-5,9,14,17H2,1-3H3. The van der Waals surface area contributed by atoms with Gasteiger partial charge in [0.15, 0.2) is 9.84 Å². The van der Waals surface area contributed by atoms with E-state index in [4.69, 9.17) is 4.74 Å². The zero-order chi connectivity index (χ0) is 20.6. The predicted octanol–water partition coefficient (Wildman–Crippen LogP) is 4.70. The SMILES string of the molecule is CCCC(CS(=O)(=O)c1cc(OC)ccc1Cc1ccccc1)C(C=O)CC. The highest BCUT2D eigenvalue weighted by molar-refractivity contribution is 7.91. The number of aldehydes is 1. The van der Waals surface area contributed by atoms with E-state index < -0.39 is 9.84 Å². The van der Waals surface area contributed by atoms with E-state index >= 15 is 0 Å². The Morgan fingerprint density at radius 3 is 2.36 bits per heavy atom. The van der Waals surface area contributed by atoms with Crippen LogP contribution >= 0.6 is 0 Å². The molecule has 4 nitrogen and oxygen atoms in total. The summed E-state index contributed by atoms with van der Waals surface area (Å²) < 4.78 is 32.0. The van der Waals surface area contributed by atoms with Crippen molar-refractivity contribution in [2.24, 2.45) is 11.8 Å². The normalized spacial score (nSPS) is 13.7. The molecular weight excluding hydrogens is 372 g/mol. The van der Waals surface area contributed by atoms with Gasteiger partial charge in [0.2, 0.25) is 0 Å². The van der Waals surface area contributed by atoms with Crippen molar-refractivity contribution in [3.05, 3.63) is 59.7 Å². The molecule has 0 amide bonds. The Balaban J connectivity index is 2.42. The van der Waals surface area contributed by atoms with Crippen molar-refractivity contribution < 1.29 is 17.9 Å². The molecule has 2 rings (SSSR count). The van der Waals surface area contributed by atoms with Crippen molar-refractivity contribution in [2.75, 3.05) is 12.9 Å². The third kappa shape index (κ3) is 5.68. The van der Waals surface area contributed by atoms with Gasteiger partial charge in [-0.3, -0.25) is 0 Å².